The molecule has 0 saturated heterocycles. The van der Waals surface area contributed by atoms with E-state index in [1.807, 2.05) is 0 Å². The normalized spacial score (nSPS) is 10.6. The molecule has 0 radical (unpaired) electrons. The molecular weight excluding hydrogens is 304 g/mol. The molecule has 7 heteroatoms. The summed E-state index contributed by atoms with van der Waals surface area (Å²) in [7, 11) is 0. The van der Waals surface area contributed by atoms with Gasteiger partial charge in [-0.3, -0.25) is 9.59 Å². The third kappa shape index (κ3) is 2.96. The van der Waals surface area contributed by atoms with Gasteiger partial charge in [0, 0.05) is 10.7 Å². The zero-order valence-electron chi connectivity index (χ0n) is 11.4. The Bertz CT molecular complexity index is 907. The van der Waals surface area contributed by atoms with Crippen LogP contribution in [0.1, 0.15) is 0 Å². The largest absolute Gasteiger partial charge is 0.324 e. The summed E-state index contributed by atoms with van der Waals surface area (Å²) in [6.45, 7) is -0.219. The molecule has 2 aromatic carbocycles. The van der Waals surface area contributed by atoms with Crippen LogP contribution in [0, 0.1) is 0 Å². The van der Waals surface area contributed by atoms with Crippen LogP contribution < -0.4 is 10.9 Å². The highest BCUT2D eigenvalue weighted by Gasteiger charge is 2.09. The smallest absolute Gasteiger partial charge is 0.278 e. The number of halogens is 1. The highest BCUT2D eigenvalue weighted by Crippen LogP contribution is 2.14. The second-order valence-corrected chi connectivity index (χ2v) is 5.06. The standard InChI is InChI=1S/C15H11ClN4O2/c16-10-4-3-5-11(8-10)17-14(21)9-20-15(22)12-6-1-2-7-13(12)18-19-20/h1-8H,9H2,(H,17,21). The van der Waals surface area contributed by atoms with Gasteiger partial charge in [0.25, 0.3) is 5.56 Å². The Balaban J connectivity index is 1.82. The lowest BCUT2D eigenvalue weighted by molar-refractivity contribution is -0.117. The number of carbonyl (C=O) groups excluding carboxylic acids is 1. The lowest BCUT2D eigenvalue weighted by Crippen LogP contribution is -2.30. The summed E-state index contributed by atoms with van der Waals surface area (Å²) >= 11 is 5.85. The van der Waals surface area contributed by atoms with Crippen molar-refractivity contribution in [3.05, 3.63) is 63.9 Å². The molecule has 0 aliphatic heterocycles. The first-order valence-corrected chi connectivity index (χ1v) is 6.89. The predicted octanol–water partition coefficient (Wildman–Crippen LogP) is 2.08. The molecule has 1 aromatic heterocycles. The van der Waals surface area contributed by atoms with Crippen molar-refractivity contribution < 1.29 is 4.79 Å². The van der Waals surface area contributed by atoms with Crippen LogP contribution in [0.4, 0.5) is 5.69 Å². The number of aromatic nitrogens is 3. The fraction of sp³-hybridized carbons (Fsp3) is 0.0667. The Morgan fingerprint density at radius 2 is 2.00 bits per heavy atom. The van der Waals surface area contributed by atoms with Crippen molar-refractivity contribution >= 4 is 34.1 Å². The molecule has 1 heterocycles. The van der Waals surface area contributed by atoms with Crippen molar-refractivity contribution in [1.29, 1.82) is 0 Å². The van der Waals surface area contributed by atoms with Gasteiger partial charge in [0.1, 0.15) is 12.1 Å². The van der Waals surface area contributed by atoms with Gasteiger partial charge in [0.2, 0.25) is 5.91 Å². The van der Waals surface area contributed by atoms with E-state index < -0.39 is 0 Å². The zero-order chi connectivity index (χ0) is 15.5. The average molecular weight is 315 g/mol. The topological polar surface area (TPSA) is 76.9 Å². The molecule has 6 nitrogen and oxygen atoms in total. The fourth-order valence-electron chi connectivity index (χ4n) is 2.03. The molecule has 22 heavy (non-hydrogen) atoms. The first-order chi connectivity index (χ1) is 10.6. The summed E-state index contributed by atoms with van der Waals surface area (Å²) in [5.41, 5.74) is 0.699. The molecule has 1 N–H and O–H groups in total. The van der Waals surface area contributed by atoms with Crippen molar-refractivity contribution in [1.82, 2.24) is 15.0 Å². The SMILES string of the molecule is O=C(Cn1nnc2ccccc2c1=O)Nc1cccc(Cl)c1. The van der Waals surface area contributed by atoms with Gasteiger partial charge in [-0.1, -0.05) is 35.0 Å². The third-order valence-electron chi connectivity index (χ3n) is 3.03. The van der Waals surface area contributed by atoms with Crippen LogP contribution in [0.3, 0.4) is 0 Å². The van der Waals surface area contributed by atoms with E-state index in [1.165, 1.54) is 0 Å². The second kappa shape index (κ2) is 5.95. The Kier molecular flexibility index (Phi) is 3.84. The first-order valence-electron chi connectivity index (χ1n) is 6.51. The van der Waals surface area contributed by atoms with Crippen LogP contribution in [-0.2, 0) is 11.3 Å². The van der Waals surface area contributed by atoms with E-state index in [-0.39, 0.29) is 18.0 Å². The van der Waals surface area contributed by atoms with Gasteiger partial charge in [-0.05, 0) is 30.3 Å². The van der Waals surface area contributed by atoms with E-state index >= 15 is 0 Å². The van der Waals surface area contributed by atoms with E-state index in [9.17, 15) is 9.59 Å². The molecule has 0 spiro atoms. The number of amides is 1. The summed E-state index contributed by atoms with van der Waals surface area (Å²) in [5, 5.41) is 11.3. The van der Waals surface area contributed by atoms with Crippen molar-refractivity contribution in [2.45, 2.75) is 6.54 Å². The Labute approximate surface area is 130 Å². The molecule has 1 amide bonds. The highest BCUT2D eigenvalue weighted by atomic mass is 35.5. The minimum absolute atomic E-state index is 0.219. The van der Waals surface area contributed by atoms with Crippen LogP contribution >= 0.6 is 11.6 Å². The number of hydrogen-bond acceptors (Lipinski definition) is 4. The third-order valence-corrected chi connectivity index (χ3v) is 3.27. The molecule has 0 unspecified atom stereocenters. The number of fused-ring (bicyclic) bond motifs is 1. The number of anilines is 1. The van der Waals surface area contributed by atoms with Gasteiger partial charge in [0.05, 0.1) is 5.39 Å². The fourth-order valence-corrected chi connectivity index (χ4v) is 2.22. The van der Waals surface area contributed by atoms with Gasteiger partial charge in [-0.15, -0.1) is 5.10 Å². The van der Waals surface area contributed by atoms with Crippen LogP contribution in [0.15, 0.2) is 53.3 Å². The maximum absolute atomic E-state index is 12.2. The highest BCUT2D eigenvalue weighted by molar-refractivity contribution is 6.30. The number of benzene rings is 2. The molecule has 3 rings (SSSR count). The zero-order valence-corrected chi connectivity index (χ0v) is 12.1. The van der Waals surface area contributed by atoms with Gasteiger partial charge < -0.3 is 5.32 Å². The summed E-state index contributed by atoms with van der Waals surface area (Å²) in [6.07, 6.45) is 0. The molecule has 0 bridgehead atoms. The van der Waals surface area contributed by atoms with E-state index in [0.717, 1.165) is 4.68 Å². The minimum Gasteiger partial charge on any atom is -0.324 e. The van der Waals surface area contributed by atoms with Gasteiger partial charge >= 0.3 is 0 Å². The van der Waals surface area contributed by atoms with E-state index in [2.05, 4.69) is 15.6 Å². The van der Waals surface area contributed by atoms with Gasteiger partial charge in [0.15, 0.2) is 0 Å². The molecular formula is C15H11ClN4O2. The number of hydrogen-bond donors (Lipinski definition) is 1. The number of nitrogens with zero attached hydrogens (tertiary/aromatic N) is 3. The molecule has 0 atom stereocenters. The Morgan fingerprint density at radius 1 is 1.18 bits per heavy atom. The Hall–Kier alpha value is -2.73. The van der Waals surface area contributed by atoms with E-state index in [1.54, 1.807) is 48.5 Å². The molecule has 0 saturated carbocycles. The second-order valence-electron chi connectivity index (χ2n) is 4.63. The minimum atomic E-state index is -0.381. The monoisotopic (exact) mass is 314 g/mol. The molecule has 110 valence electrons. The quantitative estimate of drug-likeness (QED) is 0.803. The summed E-state index contributed by atoms with van der Waals surface area (Å²) in [4.78, 5) is 24.2. The Morgan fingerprint density at radius 3 is 2.82 bits per heavy atom. The van der Waals surface area contributed by atoms with Gasteiger partial charge in [-0.25, -0.2) is 4.68 Å². The number of carbonyl (C=O) groups is 1. The first kappa shape index (κ1) is 14.2. The summed E-state index contributed by atoms with van der Waals surface area (Å²) in [6, 6.07) is 13.6. The summed E-state index contributed by atoms with van der Waals surface area (Å²) < 4.78 is 1.03. The van der Waals surface area contributed by atoms with Crippen molar-refractivity contribution in [2.75, 3.05) is 5.32 Å². The number of nitrogens with one attached hydrogen (secondary N) is 1. The lowest BCUT2D eigenvalue weighted by atomic mass is 10.2. The van der Waals surface area contributed by atoms with E-state index in [4.69, 9.17) is 11.6 Å². The van der Waals surface area contributed by atoms with Gasteiger partial charge in [-0.2, -0.15) is 0 Å². The van der Waals surface area contributed by atoms with Crippen LogP contribution in [-0.4, -0.2) is 20.9 Å². The summed E-state index contributed by atoms with van der Waals surface area (Å²) in [5.74, 6) is -0.381. The average Bonchev–Trinajstić information content (AvgIpc) is 2.50. The van der Waals surface area contributed by atoms with Crippen molar-refractivity contribution in [3.63, 3.8) is 0 Å². The molecule has 3 aromatic rings. The molecule has 0 fully saturated rings. The van der Waals surface area contributed by atoms with Crippen LogP contribution in [0.25, 0.3) is 10.9 Å². The molecule has 0 aliphatic carbocycles. The van der Waals surface area contributed by atoms with E-state index in [0.29, 0.717) is 21.6 Å². The van der Waals surface area contributed by atoms with Crippen LogP contribution in [0.2, 0.25) is 5.02 Å². The lowest BCUT2D eigenvalue weighted by Gasteiger charge is -2.07. The maximum Gasteiger partial charge on any atom is 0.278 e. The van der Waals surface area contributed by atoms with Crippen molar-refractivity contribution in [3.8, 4) is 0 Å². The maximum atomic E-state index is 12.2. The van der Waals surface area contributed by atoms with Crippen molar-refractivity contribution in [2.24, 2.45) is 0 Å². The number of rotatable bonds is 3. The van der Waals surface area contributed by atoms with Crippen LogP contribution in [0.5, 0.6) is 0 Å². The molecule has 0 aliphatic rings. The predicted molar refractivity (Wildman–Crippen MR) is 83.9 cm³/mol.